The van der Waals surface area contributed by atoms with Gasteiger partial charge in [-0.3, -0.25) is 14.5 Å². The highest BCUT2D eigenvalue weighted by Crippen LogP contribution is 2.57. The number of ether oxygens (including phenoxy) is 1. The van der Waals surface area contributed by atoms with E-state index in [0.29, 0.717) is 23.3 Å². The van der Waals surface area contributed by atoms with Gasteiger partial charge < -0.3 is 10.1 Å². The first-order chi connectivity index (χ1) is 14.7. The molecule has 0 aromatic heterocycles. The van der Waals surface area contributed by atoms with Gasteiger partial charge in [0.25, 0.3) is 0 Å². The number of hydrogen-bond acceptors (Lipinski definition) is 5. The van der Waals surface area contributed by atoms with E-state index >= 15 is 0 Å². The molecule has 168 valence electrons. The second-order valence-electron chi connectivity index (χ2n) is 10.4. The number of carbonyl (C=O) groups excluding carboxylic acids is 2. The van der Waals surface area contributed by atoms with Crippen molar-refractivity contribution in [3.05, 3.63) is 46.3 Å². The van der Waals surface area contributed by atoms with Crippen molar-refractivity contribution in [1.82, 2.24) is 10.2 Å². The molecule has 3 aliphatic carbocycles. The van der Waals surface area contributed by atoms with Gasteiger partial charge in [0.15, 0.2) is 11.5 Å². The zero-order valence-electron chi connectivity index (χ0n) is 19.6. The number of Topliss-reactive ketones (excluding diaryl/α,β-unsaturated/α-hetero) is 2. The Morgan fingerprint density at radius 1 is 1.13 bits per heavy atom. The minimum atomic E-state index is -0.263. The lowest BCUT2D eigenvalue weighted by Crippen LogP contribution is -2.45. The van der Waals surface area contributed by atoms with Gasteiger partial charge in [-0.05, 0) is 29.7 Å². The summed E-state index contributed by atoms with van der Waals surface area (Å²) in [6.45, 7) is 15.7. The smallest absolute Gasteiger partial charge is 0.229 e. The Morgan fingerprint density at radius 2 is 1.84 bits per heavy atom. The van der Waals surface area contributed by atoms with Crippen molar-refractivity contribution < 1.29 is 14.3 Å². The Balaban J connectivity index is 1.65. The summed E-state index contributed by atoms with van der Waals surface area (Å²) in [5.74, 6) is 0.0384. The summed E-state index contributed by atoms with van der Waals surface area (Å²) in [5, 5.41) is 3.35. The van der Waals surface area contributed by atoms with E-state index in [0.717, 1.165) is 51.1 Å². The first-order valence-corrected chi connectivity index (χ1v) is 11.7. The van der Waals surface area contributed by atoms with Crippen molar-refractivity contribution in [2.75, 3.05) is 39.3 Å². The number of ketones is 2. The van der Waals surface area contributed by atoms with Gasteiger partial charge in [0.05, 0.1) is 0 Å². The predicted octanol–water partition coefficient (Wildman–Crippen LogP) is 3.59. The van der Waals surface area contributed by atoms with E-state index in [2.05, 4.69) is 43.1 Å². The molecule has 1 saturated heterocycles. The molecule has 0 saturated carbocycles. The molecule has 0 aromatic rings. The maximum atomic E-state index is 13.8. The number of rotatable bonds is 5. The van der Waals surface area contributed by atoms with Gasteiger partial charge in [-0.1, -0.05) is 52.8 Å². The fourth-order valence-corrected chi connectivity index (χ4v) is 5.37. The third-order valence-electron chi connectivity index (χ3n) is 7.81. The highest BCUT2D eigenvalue weighted by molar-refractivity contribution is 6.27. The molecule has 5 nitrogen and oxygen atoms in total. The number of nitrogens with one attached hydrogen (secondary N) is 1. The molecule has 0 radical (unpaired) electrons. The van der Waals surface area contributed by atoms with Crippen LogP contribution in [0.5, 0.6) is 0 Å². The van der Waals surface area contributed by atoms with Crippen molar-refractivity contribution in [3.63, 3.8) is 0 Å². The van der Waals surface area contributed by atoms with E-state index in [9.17, 15) is 9.59 Å². The number of piperazine rings is 1. The normalized spacial score (nSPS) is 28.6. The molecule has 0 amide bonds. The van der Waals surface area contributed by atoms with Crippen molar-refractivity contribution >= 4 is 11.6 Å². The van der Waals surface area contributed by atoms with Gasteiger partial charge in [-0.25, -0.2) is 0 Å². The minimum Gasteiger partial charge on any atom is -0.488 e. The van der Waals surface area contributed by atoms with E-state index in [1.54, 1.807) is 0 Å². The Morgan fingerprint density at radius 3 is 2.52 bits per heavy atom. The summed E-state index contributed by atoms with van der Waals surface area (Å²) in [5.41, 5.74) is 2.40. The van der Waals surface area contributed by atoms with E-state index < -0.39 is 0 Å². The molecule has 31 heavy (non-hydrogen) atoms. The maximum Gasteiger partial charge on any atom is 0.229 e. The van der Waals surface area contributed by atoms with Gasteiger partial charge in [0.2, 0.25) is 5.78 Å². The van der Waals surface area contributed by atoms with Gasteiger partial charge in [0.1, 0.15) is 6.61 Å². The Hall–Kier alpha value is -1.98. The monoisotopic (exact) mass is 424 g/mol. The van der Waals surface area contributed by atoms with Crippen LogP contribution in [0.25, 0.3) is 0 Å². The molecule has 1 aliphatic heterocycles. The Kier molecular flexibility index (Phi) is 5.86. The summed E-state index contributed by atoms with van der Waals surface area (Å²) < 4.78 is 6.12. The first-order valence-electron chi connectivity index (χ1n) is 11.7. The third kappa shape index (κ3) is 3.66. The number of fused-ring (bicyclic) bond motifs is 2. The van der Waals surface area contributed by atoms with Gasteiger partial charge in [-0.2, -0.15) is 0 Å². The van der Waals surface area contributed by atoms with Crippen LogP contribution in [0.3, 0.4) is 0 Å². The highest BCUT2D eigenvalue weighted by atomic mass is 16.5. The molecule has 4 rings (SSSR count). The van der Waals surface area contributed by atoms with E-state index in [1.807, 2.05) is 19.9 Å². The summed E-state index contributed by atoms with van der Waals surface area (Å²) in [6, 6.07) is 0. The Labute approximate surface area is 186 Å². The third-order valence-corrected chi connectivity index (χ3v) is 7.81. The average Bonchev–Trinajstić information content (AvgIpc) is 2.72. The van der Waals surface area contributed by atoms with E-state index in [-0.39, 0.29) is 34.1 Å². The maximum absolute atomic E-state index is 13.8. The number of nitrogens with zero attached hydrogens (tertiary/aromatic N) is 1. The lowest BCUT2D eigenvalue weighted by atomic mass is 9.53. The average molecular weight is 425 g/mol. The van der Waals surface area contributed by atoms with Gasteiger partial charge in [0, 0.05) is 54.9 Å². The molecule has 0 bridgehead atoms. The zero-order valence-corrected chi connectivity index (χ0v) is 19.6. The molecule has 1 N–H and O–H groups in total. The summed E-state index contributed by atoms with van der Waals surface area (Å²) in [7, 11) is 0. The van der Waals surface area contributed by atoms with Crippen molar-refractivity contribution in [1.29, 1.82) is 0 Å². The molecule has 0 spiro atoms. The number of carbonyl (C=O) groups is 2. The second-order valence-corrected chi connectivity index (χ2v) is 10.4. The number of hydrogen-bond donors (Lipinski definition) is 1. The van der Waals surface area contributed by atoms with Crippen LogP contribution in [-0.2, 0) is 14.3 Å². The highest BCUT2D eigenvalue weighted by Gasteiger charge is 2.50. The molecule has 0 unspecified atom stereocenters. The van der Waals surface area contributed by atoms with Crippen LogP contribution >= 0.6 is 0 Å². The lowest BCUT2D eigenvalue weighted by Gasteiger charge is -2.49. The Bertz CT molecular complexity index is 913. The first kappa shape index (κ1) is 22.2. The van der Waals surface area contributed by atoms with Crippen LogP contribution in [0.4, 0.5) is 0 Å². The topological polar surface area (TPSA) is 58.6 Å². The molecule has 1 fully saturated rings. The van der Waals surface area contributed by atoms with Crippen LogP contribution in [0.15, 0.2) is 46.3 Å². The summed E-state index contributed by atoms with van der Waals surface area (Å²) >= 11 is 0. The van der Waals surface area contributed by atoms with E-state index in [4.69, 9.17) is 4.74 Å². The van der Waals surface area contributed by atoms with Crippen LogP contribution in [-0.4, -0.2) is 55.8 Å². The molecule has 5 heteroatoms. The molecular formula is C26H36N2O3. The zero-order chi connectivity index (χ0) is 22.4. The summed E-state index contributed by atoms with van der Waals surface area (Å²) in [4.78, 5) is 29.7. The molecule has 4 aliphatic rings. The molecule has 1 heterocycles. The van der Waals surface area contributed by atoms with Gasteiger partial charge >= 0.3 is 0 Å². The largest absolute Gasteiger partial charge is 0.488 e. The fourth-order valence-electron chi connectivity index (χ4n) is 5.37. The molecule has 0 aromatic carbocycles. The quantitative estimate of drug-likeness (QED) is 0.684. The second kappa shape index (κ2) is 8.18. The molecular weight excluding hydrogens is 388 g/mol. The molecule has 1 atom stereocenters. The van der Waals surface area contributed by atoms with E-state index in [1.165, 1.54) is 0 Å². The van der Waals surface area contributed by atoms with Crippen molar-refractivity contribution in [2.45, 2.75) is 47.5 Å². The van der Waals surface area contributed by atoms with Gasteiger partial charge in [-0.15, -0.1) is 0 Å². The van der Waals surface area contributed by atoms with Crippen LogP contribution < -0.4 is 5.32 Å². The standard InChI is InChI=1S/C26H36N2O3/c1-17(2)20-22(29)18-8-10-26(5)19(7-6-9-25(26,3)4)21(18)23(30)24(20)31-16-15-28-13-11-27-12-14-28/h7-8,10,17,27H,6,9,11-16H2,1-5H3/t26-/m0/s1. The van der Waals surface area contributed by atoms with Crippen LogP contribution in [0, 0.1) is 16.7 Å². The van der Waals surface area contributed by atoms with Crippen molar-refractivity contribution in [3.8, 4) is 0 Å². The minimum absolute atomic E-state index is 0.0147. The van der Waals surface area contributed by atoms with Crippen LogP contribution in [0.2, 0.25) is 0 Å². The van der Waals surface area contributed by atoms with Crippen molar-refractivity contribution in [2.24, 2.45) is 16.7 Å². The fraction of sp³-hybridized carbons (Fsp3) is 0.615. The van der Waals surface area contributed by atoms with Crippen LogP contribution in [0.1, 0.15) is 47.5 Å². The SMILES string of the molecule is CC(C)C1=C(OCCN2CCNCC2)C(=O)C2=C(C=C[C@@]3(C)C2=CCCC3(C)C)C1=O. The summed E-state index contributed by atoms with van der Waals surface area (Å²) in [6.07, 6.45) is 8.21. The lowest BCUT2D eigenvalue weighted by molar-refractivity contribution is -0.119. The predicted molar refractivity (Wildman–Crippen MR) is 123 cm³/mol. The number of allylic oxidation sites excluding steroid dienone is 7.